The molecule has 2 heterocycles. The third-order valence-electron chi connectivity index (χ3n) is 7.22. The highest BCUT2D eigenvalue weighted by Crippen LogP contribution is 2.34. The van der Waals surface area contributed by atoms with Crippen LogP contribution in [-0.2, 0) is 44.0 Å². The van der Waals surface area contributed by atoms with E-state index < -0.39 is 45.6 Å². The van der Waals surface area contributed by atoms with E-state index in [-0.39, 0.29) is 26.2 Å². The van der Waals surface area contributed by atoms with E-state index >= 15 is 0 Å². The second-order valence-corrected chi connectivity index (χ2v) is 13.1. The van der Waals surface area contributed by atoms with Gasteiger partial charge >= 0.3 is 6.09 Å². The monoisotopic (exact) mass is 572 g/mol. The number of amides is 3. The number of carbonyl (C=O) groups excluding carboxylic acids is 3. The van der Waals surface area contributed by atoms with Crippen molar-refractivity contribution in [2.24, 2.45) is 0 Å². The molecule has 12 heteroatoms. The highest BCUT2D eigenvalue weighted by atomic mass is 32.2. The summed E-state index contributed by atoms with van der Waals surface area (Å²) in [5.41, 5.74) is 2.57. The molecule has 1 N–H and O–H groups in total. The van der Waals surface area contributed by atoms with Gasteiger partial charge in [-0.15, -0.1) is 0 Å². The Morgan fingerprint density at radius 2 is 1.85 bits per heavy atom. The van der Waals surface area contributed by atoms with Gasteiger partial charge in [0.05, 0.1) is 18.5 Å². The summed E-state index contributed by atoms with van der Waals surface area (Å²) in [7, 11) is -1.81. The summed E-state index contributed by atoms with van der Waals surface area (Å²) in [5.74, 6) is -0.559. The van der Waals surface area contributed by atoms with E-state index in [4.69, 9.17) is 9.47 Å². The number of hydrogen-bond acceptors (Lipinski definition) is 7. The first-order valence-corrected chi connectivity index (χ1v) is 14.8. The third kappa shape index (κ3) is 6.23. The highest BCUT2D eigenvalue weighted by molar-refractivity contribution is 7.88. The minimum atomic E-state index is -3.39. The Balaban J connectivity index is 1.56. The molecule has 2 aromatic rings. The number of anilines is 1. The van der Waals surface area contributed by atoms with Gasteiger partial charge in [0.2, 0.25) is 10.0 Å². The molecule has 0 saturated heterocycles. The largest absolute Gasteiger partial charge is 0.489 e. The van der Waals surface area contributed by atoms with Crippen LogP contribution in [0.25, 0.3) is 0 Å². The highest BCUT2D eigenvalue weighted by Gasteiger charge is 2.36. The van der Waals surface area contributed by atoms with Crippen LogP contribution in [0, 0.1) is 0 Å². The number of ether oxygens (including phenoxy) is 2. The van der Waals surface area contributed by atoms with E-state index in [1.54, 1.807) is 31.3 Å². The third-order valence-corrected chi connectivity index (χ3v) is 8.41. The lowest BCUT2D eigenvalue weighted by Crippen LogP contribution is -2.53. The van der Waals surface area contributed by atoms with Crippen LogP contribution >= 0.6 is 0 Å². The van der Waals surface area contributed by atoms with Crippen molar-refractivity contribution in [2.45, 2.75) is 65.0 Å². The van der Waals surface area contributed by atoms with E-state index in [9.17, 15) is 22.8 Å². The van der Waals surface area contributed by atoms with E-state index in [1.165, 1.54) is 27.3 Å². The molecule has 3 amide bonds. The molecule has 0 bridgehead atoms. The lowest BCUT2D eigenvalue weighted by atomic mass is 10.0. The fraction of sp³-hybridized carbons (Fsp3) is 0.464. The van der Waals surface area contributed by atoms with Crippen LogP contribution < -0.4 is 15.0 Å². The van der Waals surface area contributed by atoms with Gasteiger partial charge < -0.3 is 24.6 Å². The normalized spacial score (nSPS) is 18.2. The van der Waals surface area contributed by atoms with Gasteiger partial charge in [0.25, 0.3) is 11.8 Å². The summed E-state index contributed by atoms with van der Waals surface area (Å²) in [4.78, 5) is 42.3. The zero-order chi connectivity index (χ0) is 29.4. The second kappa shape index (κ2) is 11.1. The maximum atomic E-state index is 13.9. The van der Waals surface area contributed by atoms with Gasteiger partial charge in [-0.1, -0.05) is 30.3 Å². The molecule has 11 nitrogen and oxygen atoms in total. The lowest BCUT2D eigenvalue weighted by molar-refractivity contribution is -0.133. The first kappa shape index (κ1) is 29.3. The Morgan fingerprint density at radius 3 is 2.52 bits per heavy atom. The van der Waals surface area contributed by atoms with E-state index in [1.807, 2.05) is 39.0 Å². The first-order chi connectivity index (χ1) is 18.7. The quantitative estimate of drug-likeness (QED) is 0.564. The zero-order valence-electron chi connectivity index (χ0n) is 23.6. The summed E-state index contributed by atoms with van der Waals surface area (Å²) in [6.07, 6.45) is -0.630. The number of nitrogens with one attached hydrogen (secondary N) is 1. The summed E-state index contributed by atoms with van der Waals surface area (Å²) < 4.78 is 37.0. The lowest BCUT2D eigenvalue weighted by Gasteiger charge is -2.32. The SMILES string of the molecule is C[C@H](OC(=O)N(C)C(C)(C)C)C(=O)N[C@H]1COc2ccccc2N(Cc2cccc3c2CN(S(C)(=O)=O)C3)C1=O. The fourth-order valence-electron chi connectivity index (χ4n) is 4.48. The minimum Gasteiger partial charge on any atom is -0.489 e. The van der Waals surface area contributed by atoms with E-state index in [0.717, 1.165) is 16.7 Å². The van der Waals surface area contributed by atoms with Crippen LogP contribution in [0.1, 0.15) is 44.4 Å². The number of carbonyl (C=O) groups is 3. The molecule has 4 rings (SSSR count). The van der Waals surface area contributed by atoms with Gasteiger partial charge in [-0.25, -0.2) is 13.2 Å². The molecule has 0 radical (unpaired) electrons. The van der Waals surface area contributed by atoms with Crippen LogP contribution in [0.15, 0.2) is 42.5 Å². The fourth-order valence-corrected chi connectivity index (χ4v) is 5.22. The summed E-state index contributed by atoms with van der Waals surface area (Å²) in [6.45, 7) is 7.49. The van der Waals surface area contributed by atoms with Crippen molar-refractivity contribution in [1.29, 1.82) is 0 Å². The minimum absolute atomic E-state index is 0.116. The number of para-hydroxylation sites is 2. The molecule has 0 spiro atoms. The first-order valence-electron chi connectivity index (χ1n) is 13.0. The maximum absolute atomic E-state index is 13.9. The topological polar surface area (TPSA) is 126 Å². The van der Waals surface area contributed by atoms with Crippen molar-refractivity contribution in [2.75, 3.05) is 24.8 Å². The van der Waals surface area contributed by atoms with Gasteiger partial charge in [0, 0.05) is 25.7 Å². The molecule has 0 fully saturated rings. The van der Waals surface area contributed by atoms with E-state index in [2.05, 4.69) is 5.32 Å². The Kier molecular flexibility index (Phi) is 8.13. The molecular formula is C28H36N4O7S. The Bertz CT molecular complexity index is 1420. The van der Waals surface area contributed by atoms with Crippen molar-refractivity contribution in [3.63, 3.8) is 0 Å². The smallest absolute Gasteiger partial charge is 0.410 e. The van der Waals surface area contributed by atoms with Crippen LogP contribution in [-0.4, -0.2) is 73.1 Å². The second-order valence-electron chi connectivity index (χ2n) is 11.1. The summed E-state index contributed by atoms with van der Waals surface area (Å²) >= 11 is 0. The number of hydrogen-bond donors (Lipinski definition) is 1. The van der Waals surface area contributed by atoms with Crippen LogP contribution in [0.3, 0.4) is 0 Å². The number of fused-ring (bicyclic) bond motifs is 2. The molecule has 0 saturated carbocycles. The average molecular weight is 573 g/mol. The Morgan fingerprint density at radius 1 is 1.15 bits per heavy atom. The molecule has 0 unspecified atom stereocenters. The molecule has 2 atom stereocenters. The van der Waals surface area contributed by atoms with Gasteiger partial charge in [-0.2, -0.15) is 4.31 Å². The van der Waals surface area contributed by atoms with Crippen LogP contribution in [0.2, 0.25) is 0 Å². The van der Waals surface area contributed by atoms with Gasteiger partial charge in [-0.3, -0.25) is 9.59 Å². The zero-order valence-corrected chi connectivity index (χ0v) is 24.4. The van der Waals surface area contributed by atoms with Crippen molar-refractivity contribution in [1.82, 2.24) is 14.5 Å². The summed E-state index contributed by atoms with van der Waals surface area (Å²) in [5, 5.41) is 2.68. The molecular weight excluding hydrogens is 536 g/mol. The van der Waals surface area contributed by atoms with Crippen molar-refractivity contribution >= 4 is 33.6 Å². The molecule has 2 aliphatic rings. The molecule has 0 aromatic heterocycles. The molecule has 2 aromatic carbocycles. The summed E-state index contributed by atoms with van der Waals surface area (Å²) in [6, 6.07) is 11.6. The van der Waals surface area contributed by atoms with Gasteiger partial charge in [-0.05, 0) is 56.5 Å². The molecule has 2 aliphatic heterocycles. The predicted octanol–water partition coefficient (Wildman–Crippen LogP) is 2.63. The van der Waals surface area contributed by atoms with Gasteiger partial charge in [0.15, 0.2) is 6.10 Å². The standard InChI is InChI=1S/C28H36N4O7S/c1-18(39-27(35)30(5)28(2,3)4)25(33)29-22-17-38-24-13-8-7-12-23(24)32(26(22)34)15-20-11-9-10-19-14-31(16-21(19)20)40(6,36)37/h7-13,18,22H,14-17H2,1-6H3,(H,29,33)/t18-,22-/m0/s1. The Hall–Kier alpha value is -3.64. The van der Waals surface area contributed by atoms with Crippen molar-refractivity contribution in [3.05, 3.63) is 59.2 Å². The van der Waals surface area contributed by atoms with Gasteiger partial charge in [0.1, 0.15) is 18.4 Å². The van der Waals surface area contributed by atoms with Crippen LogP contribution in [0.5, 0.6) is 5.75 Å². The number of nitrogens with zero attached hydrogens (tertiary/aromatic N) is 3. The maximum Gasteiger partial charge on any atom is 0.410 e. The van der Waals surface area contributed by atoms with E-state index in [0.29, 0.717) is 11.4 Å². The van der Waals surface area contributed by atoms with Crippen molar-refractivity contribution < 1.29 is 32.3 Å². The molecule has 40 heavy (non-hydrogen) atoms. The molecule has 0 aliphatic carbocycles. The number of rotatable bonds is 6. The van der Waals surface area contributed by atoms with Crippen LogP contribution in [0.4, 0.5) is 10.5 Å². The number of benzene rings is 2. The average Bonchev–Trinajstić information content (AvgIpc) is 3.29. The number of sulfonamides is 1. The van der Waals surface area contributed by atoms with Crippen molar-refractivity contribution in [3.8, 4) is 5.75 Å². The predicted molar refractivity (Wildman–Crippen MR) is 149 cm³/mol. The molecule has 216 valence electrons. The Labute approximate surface area is 235 Å².